The van der Waals surface area contributed by atoms with Crippen molar-refractivity contribution in [3.8, 4) is 17.0 Å². The van der Waals surface area contributed by atoms with Crippen LogP contribution in [0.2, 0.25) is 0 Å². The molecule has 3 rings (SSSR count). The van der Waals surface area contributed by atoms with Crippen LogP contribution in [-0.4, -0.2) is 17.6 Å². The number of benzene rings is 2. The molecule has 2 N–H and O–H groups in total. The van der Waals surface area contributed by atoms with Gasteiger partial charge < -0.3 is 10.1 Å². The molecular weight excluding hydrogens is 334 g/mol. The average Bonchev–Trinajstić information content (AvgIpc) is 2.98. The number of hydrogen-bond donors (Lipinski definition) is 2. The number of urea groups is 1. The van der Waals surface area contributed by atoms with E-state index in [4.69, 9.17) is 4.74 Å². The molecule has 0 unspecified atom stereocenters. The molecule has 0 saturated carbocycles. The molecule has 5 nitrogen and oxygen atoms in total. The number of rotatable bonds is 5. The quantitative estimate of drug-likeness (QED) is 0.666. The first-order valence-corrected chi connectivity index (χ1v) is 8.81. The van der Waals surface area contributed by atoms with Gasteiger partial charge in [0.1, 0.15) is 5.75 Å². The number of nitrogens with zero attached hydrogens (tertiary/aromatic N) is 1. The highest BCUT2D eigenvalue weighted by molar-refractivity contribution is 7.16. The van der Waals surface area contributed by atoms with Crippen LogP contribution in [0, 0.1) is 6.92 Å². The zero-order chi connectivity index (χ0) is 17.6. The first kappa shape index (κ1) is 17.0. The largest absolute Gasteiger partial charge is 0.494 e. The topological polar surface area (TPSA) is 63.2 Å². The fourth-order valence-electron chi connectivity index (χ4n) is 2.37. The molecule has 0 aliphatic carbocycles. The van der Waals surface area contributed by atoms with Gasteiger partial charge in [-0.2, -0.15) is 0 Å². The third-order valence-corrected chi connectivity index (χ3v) is 4.37. The predicted molar refractivity (Wildman–Crippen MR) is 103 cm³/mol. The number of anilines is 2. The van der Waals surface area contributed by atoms with Crippen molar-refractivity contribution in [3.05, 3.63) is 59.5 Å². The van der Waals surface area contributed by atoms with Crippen LogP contribution in [0.15, 0.2) is 54.6 Å². The Bertz CT molecular complexity index is 845. The lowest BCUT2D eigenvalue weighted by atomic mass is 10.1. The van der Waals surface area contributed by atoms with Gasteiger partial charge in [-0.05, 0) is 38.1 Å². The minimum Gasteiger partial charge on any atom is -0.494 e. The predicted octanol–water partition coefficient (Wildman–Crippen LogP) is 5.16. The van der Waals surface area contributed by atoms with Gasteiger partial charge >= 0.3 is 6.03 Å². The highest BCUT2D eigenvalue weighted by Gasteiger charge is 2.12. The SMILES string of the molecule is CCOc1ccc(NC(=O)Nc2nc(-c3ccccc3)c(C)s2)cc1. The standard InChI is InChI=1S/C19H19N3O2S/c1-3-24-16-11-9-15(10-12-16)20-18(23)22-19-21-17(13(2)25-19)14-7-5-4-6-8-14/h4-12H,3H2,1-2H3,(H2,20,21,22,23). The van der Waals surface area contributed by atoms with Crippen molar-refractivity contribution in [1.29, 1.82) is 0 Å². The normalized spacial score (nSPS) is 10.3. The van der Waals surface area contributed by atoms with Gasteiger partial charge in [0, 0.05) is 16.1 Å². The van der Waals surface area contributed by atoms with Crippen molar-refractivity contribution in [3.63, 3.8) is 0 Å². The number of aromatic nitrogens is 1. The molecule has 0 aliphatic rings. The van der Waals surface area contributed by atoms with Gasteiger partial charge in [0.05, 0.1) is 12.3 Å². The minimum atomic E-state index is -0.322. The monoisotopic (exact) mass is 353 g/mol. The Hall–Kier alpha value is -2.86. The Kier molecular flexibility index (Phi) is 5.30. The molecule has 0 aliphatic heterocycles. The number of hydrogen-bond acceptors (Lipinski definition) is 4. The first-order chi connectivity index (χ1) is 12.2. The smallest absolute Gasteiger partial charge is 0.325 e. The van der Waals surface area contributed by atoms with E-state index in [9.17, 15) is 4.79 Å². The van der Waals surface area contributed by atoms with Crippen LogP contribution in [0.3, 0.4) is 0 Å². The molecular formula is C19H19N3O2S. The van der Waals surface area contributed by atoms with E-state index in [0.29, 0.717) is 17.4 Å². The van der Waals surface area contributed by atoms with Gasteiger partial charge in [-0.25, -0.2) is 9.78 Å². The summed E-state index contributed by atoms with van der Waals surface area (Å²) in [6.45, 7) is 4.54. The lowest BCUT2D eigenvalue weighted by Crippen LogP contribution is -2.19. The molecule has 2 aromatic carbocycles. The molecule has 25 heavy (non-hydrogen) atoms. The fraction of sp³-hybridized carbons (Fsp3) is 0.158. The first-order valence-electron chi connectivity index (χ1n) is 7.99. The van der Waals surface area contributed by atoms with Gasteiger partial charge in [-0.15, -0.1) is 11.3 Å². The summed E-state index contributed by atoms with van der Waals surface area (Å²) in [5, 5.41) is 6.15. The molecule has 2 amide bonds. The van der Waals surface area contributed by atoms with Crippen molar-refractivity contribution in [2.75, 3.05) is 17.2 Å². The molecule has 6 heteroatoms. The maximum atomic E-state index is 12.2. The summed E-state index contributed by atoms with van der Waals surface area (Å²) < 4.78 is 5.38. The molecule has 0 atom stereocenters. The molecule has 0 radical (unpaired) electrons. The van der Waals surface area contributed by atoms with Crippen molar-refractivity contribution < 1.29 is 9.53 Å². The molecule has 128 valence electrons. The van der Waals surface area contributed by atoms with E-state index >= 15 is 0 Å². The Labute approximate surface area is 150 Å². The Morgan fingerprint density at radius 3 is 2.48 bits per heavy atom. The van der Waals surface area contributed by atoms with E-state index in [1.807, 2.05) is 56.3 Å². The van der Waals surface area contributed by atoms with Crippen molar-refractivity contribution in [2.45, 2.75) is 13.8 Å². The van der Waals surface area contributed by atoms with Crippen LogP contribution in [0.25, 0.3) is 11.3 Å². The van der Waals surface area contributed by atoms with Gasteiger partial charge in [-0.1, -0.05) is 30.3 Å². The lowest BCUT2D eigenvalue weighted by molar-refractivity contribution is 0.262. The van der Waals surface area contributed by atoms with Crippen molar-refractivity contribution in [1.82, 2.24) is 4.98 Å². The molecule has 0 saturated heterocycles. The van der Waals surface area contributed by atoms with E-state index in [1.165, 1.54) is 11.3 Å². The van der Waals surface area contributed by atoms with E-state index < -0.39 is 0 Å². The summed E-state index contributed by atoms with van der Waals surface area (Å²) in [4.78, 5) is 17.7. The lowest BCUT2D eigenvalue weighted by Gasteiger charge is -2.07. The molecule has 3 aromatic rings. The van der Waals surface area contributed by atoms with Crippen LogP contribution in [0.4, 0.5) is 15.6 Å². The second kappa shape index (κ2) is 7.81. The molecule has 0 bridgehead atoms. The summed E-state index contributed by atoms with van der Waals surface area (Å²) in [7, 11) is 0. The second-order valence-electron chi connectivity index (χ2n) is 5.33. The minimum absolute atomic E-state index is 0.322. The number of aryl methyl sites for hydroxylation is 1. The number of carbonyl (C=O) groups excluding carboxylic acids is 1. The maximum Gasteiger partial charge on any atom is 0.325 e. The summed E-state index contributed by atoms with van der Waals surface area (Å²) in [5.74, 6) is 0.775. The van der Waals surface area contributed by atoms with E-state index in [2.05, 4.69) is 15.6 Å². The Morgan fingerprint density at radius 2 is 1.80 bits per heavy atom. The molecule has 1 heterocycles. The second-order valence-corrected chi connectivity index (χ2v) is 6.53. The third-order valence-electron chi connectivity index (χ3n) is 3.49. The highest BCUT2D eigenvalue weighted by atomic mass is 32.1. The zero-order valence-electron chi connectivity index (χ0n) is 14.1. The van der Waals surface area contributed by atoms with E-state index in [0.717, 1.165) is 21.9 Å². The summed E-state index contributed by atoms with van der Waals surface area (Å²) in [6, 6.07) is 16.8. The summed E-state index contributed by atoms with van der Waals surface area (Å²) in [6.07, 6.45) is 0. The zero-order valence-corrected chi connectivity index (χ0v) is 14.9. The number of thiazole rings is 1. The number of nitrogens with one attached hydrogen (secondary N) is 2. The van der Waals surface area contributed by atoms with Gasteiger partial charge in [0.2, 0.25) is 0 Å². The van der Waals surface area contributed by atoms with Crippen LogP contribution >= 0.6 is 11.3 Å². The van der Waals surface area contributed by atoms with Gasteiger partial charge in [-0.3, -0.25) is 5.32 Å². The number of carbonyl (C=O) groups is 1. The third kappa shape index (κ3) is 4.36. The van der Waals surface area contributed by atoms with Gasteiger partial charge in [0.25, 0.3) is 0 Å². The fourth-order valence-corrected chi connectivity index (χ4v) is 3.21. The summed E-state index contributed by atoms with van der Waals surface area (Å²) in [5.41, 5.74) is 2.62. The average molecular weight is 353 g/mol. The van der Waals surface area contributed by atoms with Gasteiger partial charge in [0.15, 0.2) is 5.13 Å². The van der Waals surface area contributed by atoms with E-state index in [1.54, 1.807) is 12.1 Å². The van der Waals surface area contributed by atoms with Crippen LogP contribution in [0.5, 0.6) is 5.75 Å². The van der Waals surface area contributed by atoms with Crippen molar-refractivity contribution in [2.24, 2.45) is 0 Å². The summed E-state index contributed by atoms with van der Waals surface area (Å²) >= 11 is 1.45. The Balaban J connectivity index is 1.65. The van der Waals surface area contributed by atoms with Crippen molar-refractivity contribution >= 4 is 28.2 Å². The molecule has 1 aromatic heterocycles. The molecule has 0 spiro atoms. The Morgan fingerprint density at radius 1 is 1.08 bits per heavy atom. The van der Waals surface area contributed by atoms with E-state index in [-0.39, 0.29) is 6.03 Å². The maximum absolute atomic E-state index is 12.2. The van der Waals surface area contributed by atoms with Crippen LogP contribution in [-0.2, 0) is 0 Å². The van der Waals surface area contributed by atoms with Crippen LogP contribution < -0.4 is 15.4 Å². The number of amides is 2. The van der Waals surface area contributed by atoms with Crippen LogP contribution in [0.1, 0.15) is 11.8 Å². The molecule has 0 fully saturated rings. The highest BCUT2D eigenvalue weighted by Crippen LogP contribution is 2.30. The number of ether oxygens (including phenoxy) is 1.